The van der Waals surface area contributed by atoms with Crippen LogP contribution < -0.4 is 15.9 Å². The van der Waals surface area contributed by atoms with Gasteiger partial charge < -0.3 is 10.4 Å². The van der Waals surface area contributed by atoms with E-state index in [1.165, 1.54) is 5.01 Å². The standard InChI is InChI=1S/C21H24BrN5O2S/c1-14(28)13-24-30(29)18-10-6-9-17(11-18)25-20-12-19(16-7-4-3-5-8-16)26-21(15(2)22)27(20)23/h3-12,14,24-25,28H,13,23H2,1-2H3/b21-15+. The van der Waals surface area contributed by atoms with E-state index in [0.29, 0.717) is 16.5 Å². The lowest BCUT2D eigenvalue weighted by molar-refractivity contribution is 0.199. The second-order valence-electron chi connectivity index (χ2n) is 6.74. The average Bonchev–Trinajstić information content (AvgIpc) is 2.74. The molecule has 1 aliphatic rings. The fraction of sp³-hybridized carbons (Fsp3) is 0.190. The number of rotatable bonds is 7. The van der Waals surface area contributed by atoms with Gasteiger partial charge in [0.1, 0.15) is 16.8 Å². The first kappa shape index (κ1) is 22.4. The molecule has 2 aromatic carbocycles. The molecule has 0 saturated carbocycles. The van der Waals surface area contributed by atoms with Gasteiger partial charge in [-0.3, -0.25) is 0 Å². The van der Waals surface area contributed by atoms with Crippen LogP contribution in [0.25, 0.3) is 0 Å². The predicted octanol–water partition coefficient (Wildman–Crippen LogP) is 3.20. The molecule has 0 aromatic heterocycles. The molecule has 0 aliphatic carbocycles. The Morgan fingerprint density at radius 1 is 1.27 bits per heavy atom. The van der Waals surface area contributed by atoms with Crippen LogP contribution in [0.15, 0.2) is 86.7 Å². The molecule has 1 heterocycles. The van der Waals surface area contributed by atoms with E-state index in [2.05, 4.69) is 31.0 Å². The maximum atomic E-state index is 12.4. The molecule has 2 unspecified atom stereocenters. The minimum Gasteiger partial charge on any atom is -0.392 e. The third-order valence-electron chi connectivity index (χ3n) is 4.20. The van der Waals surface area contributed by atoms with Gasteiger partial charge in [-0.15, -0.1) is 0 Å². The largest absolute Gasteiger partial charge is 0.392 e. The fourth-order valence-electron chi connectivity index (χ4n) is 2.73. The number of allylic oxidation sites excluding steroid dienone is 2. The van der Waals surface area contributed by atoms with E-state index in [-0.39, 0.29) is 6.54 Å². The Morgan fingerprint density at radius 2 is 2.00 bits per heavy atom. The summed E-state index contributed by atoms with van der Waals surface area (Å²) in [6, 6.07) is 17.0. The normalized spacial score (nSPS) is 17.7. The molecule has 0 fully saturated rings. The van der Waals surface area contributed by atoms with Crippen molar-refractivity contribution in [3.63, 3.8) is 0 Å². The van der Waals surface area contributed by atoms with Gasteiger partial charge in [-0.25, -0.2) is 24.8 Å². The van der Waals surface area contributed by atoms with Gasteiger partial charge in [-0.2, -0.15) is 0 Å². The molecule has 0 amide bonds. The van der Waals surface area contributed by atoms with Crippen molar-refractivity contribution < 1.29 is 9.32 Å². The van der Waals surface area contributed by atoms with Crippen LogP contribution >= 0.6 is 15.9 Å². The number of aliphatic hydroxyl groups is 1. The van der Waals surface area contributed by atoms with Gasteiger partial charge in [-0.05, 0) is 32.0 Å². The van der Waals surface area contributed by atoms with Crippen LogP contribution in [-0.4, -0.2) is 32.7 Å². The van der Waals surface area contributed by atoms with Gasteiger partial charge in [0.05, 0.1) is 16.7 Å². The van der Waals surface area contributed by atoms with Crippen molar-refractivity contribution in [2.24, 2.45) is 10.8 Å². The van der Waals surface area contributed by atoms with E-state index >= 15 is 0 Å². The number of aliphatic hydroxyl groups excluding tert-OH is 1. The Morgan fingerprint density at radius 3 is 2.67 bits per heavy atom. The summed E-state index contributed by atoms with van der Waals surface area (Å²) < 4.78 is 16.0. The third kappa shape index (κ3) is 5.65. The summed E-state index contributed by atoms with van der Waals surface area (Å²) in [5, 5.41) is 14.1. The van der Waals surface area contributed by atoms with Gasteiger partial charge in [0.25, 0.3) is 0 Å². The summed E-state index contributed by atoms with van der Waals surface area (Å²) in [6.45, 7) is 3.75. The van der Waals surface area contributed by atoms with E-state index < -0.39 is 17.1 Å². The van der Waals surface area contributed by atoms with Gasteiger partial charge >= 0.3 is 0 Å². The first-order valence-corrected chi connectivity index (χ1v) is 11.3. The summed E-state index contributed by atoms with van der Waals surface area (Å²) in [7, 11) is -1.44. The van der Waals surface area contributed by atoms with Crippen molar-refractivity contribution in [1.82, 2.24) is 9.73 Å². The Kier molecular flexibility index (Phi) is 7.57. The molecule has 7 nitrogen and oxygen atoms in total. The van der Waals surface area contributed by atoms with E-state index in [0.717, 1.165) is 21.4 Å². The van der Waals surface area contributed by atoms with Crippen LogP contribution in [0.4, 0.5) is 5.69 Å². The second-order valence-corrected chi connectivity index (χ2v) is 9.23. The molecule has 3 rings (SSSR count). The quantitative estimate of drug-likeness (QED) is 0.447. The van der Waals surface area contributed by atoms with E-state index in [4.69, 9.17) is 5.84 Å². The molecule has 1 aliphatic heterocycles. The average molecular weight is 490 g/mol. The van der Waals surface area contributed by atoms with Crippen LogP contribution in [0.2, 0.25) is 0 Å². The monoisotopic (exact) mass is 489 g/mol. The number of hydrogen-bond acceptors (Lipinski definition) is 6. The van der Waals surface area contributed by atoms with Crippen molar-refractivity contribution >= 4 is 38.3 Å². The summed E-state index contributed by atoms with van der Waals surface area (Å²) in [5.41, 5.74) is 2.46. The molecule has 0 radical (unpaired) electrons. The highest BCUT2D eigenvalue weighted by atomic mass is 79.9. The molecule has 0 saturated heterocycles. The first-order chi connectivity index (χ1) is 14.3. The maximum Gasteiger partial charge on any atom is 0.159 e. The molecular weight excluding hydrogens is 466 g/mol. The minimum absolute atomic E-state index is 0.238. The topological polar surface area (TPSA) is 103 Å². The summed E-state index contributed by atoms with van der Waals surface area (Å²) in [6.07, 6.45) is 1.28. The first-order valence-electron chi connectivity index (χ1n) is 9.32. The van der Waals surface area contributed by atoms with Crippen molar-refractivity contribution in [3.8, 4) is 0 Å². The molecule has 2 atom stereocenters. The summed E-state index contributed by atoms with van der Waals surface area (Å²) >= 11 is 3.48. The van der Waals surface area contributed by atoms with Crippen LogP contribution in [0.3, 0.4) is 0 Å². The highest BCUT2D eigenvalue weighted by molar-refractivity contribution is 9.11. The lowest BCUT2D eigenvalue weighted by atomic mass is 10.1. The number of hydrazine groups is 1. The number of nitrogens with two attached hydrogens (primary N) is 1. The van der Waals surface area contributed by atoms with Gasteiger partial charge in [0, 0.05) is 28.4 Å². The highest BCUT2D eigenvalue weighted by Gasteiger charge is 2.20. The second kappa shape index (κ2) is 10.1. The van der Waals surface area contributed by atoms with Crippen LogP contribution in [0.5, 0.6) is 0 Å². The predicted molar refractivity (Wildman–Crippen MR) is 125 cm³/mol. The number of anilines is 1. The van der Waals surface area contributed by atoms with Crippen LogP contribution in [0, 0.1) is 0 Å². The van der Waals surface area contributed by atoms with Crippen molar-refractivity contribution in [2.75, 3.05) is 11.9 Å². The Balaban J connectivity index is 1.89. The van der Waals surface area contributed by atoms with Crippen molar-refractivity contribution in [2.45, 2.75) is 24.8 Å². The van der Waals surface area contributed by atoms with Crippen LogP contribution in [-0.2, 0) is 11.0 Å². The Labute approximate surface area is 187 Å². The van der Waals surface area contributed by atoms with E-state index in [1.54, 1.807) is 19.1 Å². The zero-order valence-corrected chi connectivity index (χ0v) is 19.1. The number of hydrogen-bond donors (Lipinski definition) is 4. The smallest absolute Gasteiger partial charge is 0.159 e. The van der Waals surface area contributed by atoms with Crippen molar-refractivity contribution in [1.29, 1.82) is 0 Å². The molecule has 30 heavy (non-hydrogen) atoms. The molecule has 2 aromatic rings. The van der Waals surface area contributed by atoms with Gasteiger partial charge in [0.2, 0.25) is 0 Å². The third-order valence-corrected chi connectivity index (χ3v) is 5.66. The Bertz CT molecular complexity index is 1020. The number of halogens is 1. The minimum atomic E-state index is -1.44. The molecule has 0 spiro atoms. The fourth-order valence-corrected chi connectivity index (χ4v) is 4.00. The number of aliphatic imine (C=N–C) groups is 1. The molecular formula is C21H24BrN5O2S. The number of benzene rings is 2. The summed E-state index contributed by atoms with van der Waals surface area (Å²) in [5.74, 6) is 7.50. The van der Waals surface area contributed by atoms with Crippen LogP contribution in [0.1, 0.15) is 19.4 Å². The maximum absolute atomic E-state index is 12.4. The molecule has 5 N–H and O–H groups in total. The molecule has 0 bridgehead atoms. The lowest BCUT2D eigenvalue weighted by Crippen LogP contribution is -2.36. The zero-order valence-electron chi connectivity index (χ0n) is 16.7. The number of nitrogens with zero attached hydrogens (tertiary/aromatic N) is 2. The highest BCUT2D eigenvalue weighted by Crippen LogP contribution is 2.26. The lowest BCUT2D eigenvalue weighted by Gasteiger charge is -2.28. The van der Waals surface area contributed by atoms with E-state index in [1.807, 2.05) is 55.5 Å². The van der Waals surface area contributed by atoms with Gasteiger partial charge in [0.15, 0.2) is 5.82 Å². The number of nitrogens with one attached hydrogen (secondary N) is 2. The van der Waals surface area contributed by atoms with Gasteiger partial charge in [-0.1, -0.05) is 52.3 Å². The summed E-state index contributed by atoms with van der Waals surface area (Å²) in [4.78, 5) is 5.25. The van der Waals surface area contributed by atoms with Crippen molar-refractivity contribution in [3.05, 3.63) is 82.4 Å². The SMILES string of the molecule is C/C(Br)=C1/N=C(c2ccccc2)C=C(Nc2cccc(S(=O)NCC(C)O)c2)N1N. The Hall–Kier alpha value is -2.30. The zero-order chi connectivity index (χ0) is 21.7. The molecule has 9 heteroatoms. The van der Waals surface area contributed by atoms with E-state index in [9.17, 15) is 9.32 Å². The molecule has 158 valence electrons.